The molecule has 0 saturated carbocycles. The Labute approximate surface area is 142 Å². The number of amides is 1. The average Bonchev–Trinajstić information content (AvgIpc) is 3.06. The largest absolute Gasteiger partial charge is 0.378 e. The van der Waals surface area contributed by atoms with Gasteiger partial charge in [0.2, 0.25) is 0 Å². The first-order chi connectivity index (χ1) is 11.5. The first-order valence-corrected chi connectivity index (χ1v) is 8.22. The molecule has 2 aromatic rings. The summed E-state index contributed by atoms with van der Waals surface area (Å²) in [6.07, 6.45) is 3.58. The van der Waals surface area contributed by atoms with E-state index >= 15 is 0 Å². The number of likely N-dealkylation sites (tertiary alicyclic amines) is 1. The van der Waals surface area contributed by atoms with Crippen LogP contribution in [0.2, 0.25) is 0 Å². The van der Waals surface area contributed by atoms with E-state index in [2.05, 4.69) is 23.1 Å². The molecular weight excluding hydrogens is 302 g/mol. The Kier molecular flexibility index (Phi) is 4.42. The molecule has 1 aliphatic rings. The molecule has 1 atom stereocenters. The number of carbonyl (C=O) groups is 1. The van der Waals surface area contributed by atoms with Gasteiger partial charge in [-0.1, -0.05) is 12.1 Å². The van der Waals surface area contributed by atoms with Crippen LogP contribution >= 0.6 is 0 Å². The fraction of sp³-hybridized carbons (Fsp3) is 0.368. The van der Waals surface area contributed by atoms with Crippen molar-refractivity contribution in [2.45, 2.75) is 18.9 Å². The molecule has 0 unspecified atom stereocenters. The van der Waals surface area contributed by atoms with Crippen molar-refractivity contribution in [3.8, 4) is 0 Å². The Morgan fingerprint density at radius 2 is 2.00 bits per heavy atom. The Morgan fingerprint density at radius 1 is 1.21 bits per heavy atom. The van der Waals surface area contributed by atoms with Crippen LogP contribution in [0.25, 0.3) is 0 Å². The number of benzene rings is 1. The minimum Gasteiger partial charge on any atom is -0.378 e. The van der Waals surface area contributed by atoms with Gasteiger partial charge in [0.05, 0.1) is 6.04 Å². The molecule has 1 fully saturated rings. The van der Waals surface area contributed by atoms with E-state index in [4.69, 9.17) is 0 Å². The van der Waals surface area contributed by atoms with Gasteiger partial charge < -0.3 is 14.4 Å². The van der Waals surface area contributed by atoms with Gasteiger partial charge in [-0.05, 0) is 36.6 Å². The number of anilines is 1. The first kappa shape index (κ1) is 16.3. The summed E-state index contributed by atoms with van der Waals surface area (Å²) in [5.74, 6) is -0.0644. The van der Waals surface area contributed by atoms with E-state index in [0.717, 1.165) is 30.6 Å². The number of pyridine rings is 1. The molecule has 1 saturated heterocycles. The highest BCUT2D eigenvalue weighted by atomic mass is 16.2. The van der Waals surface area contributed by atoms with E-state index in [1.165, 1.54) is 10.6 Å². The Balaban J connectivity index is 1.90. The Hall–Kier alpha value is -2.56. The van der Waals surface area contributed by atoms with Crippen LogP contribution < -0.4 is 10.5 Å². The van der Waals surface area contributed by atoms with Crippen LogP contribution in [0.1, 0.15) is 34.8 Å². The third kappa shape index (κ3) is 3.07. The minimum absolute atomic E-state index is 0.0644. The molecule has 0 N–H and O–H groups in total. The fourth-order valence-corrected chi connectivity index (χ4v) is 3.21. The van der Waals surface area contributed by atoms with Gasteiger partial charge in [0, 0.05) is 51.2 Å². The molecule has 0 spiro atoms. The maximum absolute atomic E-state index is 12.9. The highest BCUT2D eigenvalue weighted by Crippen LogP contribution is 2.34. The second-order valence-corrected chi connectivity index (χ2v) is 6.51. The van der Waals surface area contributed by atoms with Gasteiger partial charge >= 0.3 is 0 Å². The van der Waals surface area contributed by atoms with E-state index in [1.54, 1.807) is 19.3 Å². The predicted molar refractivity (Wildman–Crippen MR) is 95.5 cm³/mol. The maximum atomic E-state index is 12.9. The monoisotopic (exact) mass is 325 g/mol. The first-order valence-electron chi connectivity index (χ1n) is 8.22. The van der Waals surface area contributed by atoms with Gasteiger partial charge in [0.15, 0.2) is 0 Å². The molecule has 1 amide bonds. The zero-order valence-corrected chi connectivity index (χ0v) is 14.4. The van der Waals surface area contributed by atoms with Crippen molar-refractivity contribution in [1.29, 1.82) is 0 Å². The normalized spacial score (nSPS) is 17.1. The van der Waals surface area contributed by atoms with Gasteiger partial charge in [-0.25, -0.2) is 0 Å². The lowest BCUT2D eigenvalue weighted by molar-refractivity contribution is 0.0735. The maximum Gasteiger partial charge on any atom is 0.254 e. The zero-order chi connectivity index (χ0) is 17.3. The lowest BCUT2D eigenvalue weighted by atomic mass is 10.0. The number of nitrogens with zero attached hydrogens (tertiary/aromatic N) is 3. The van der Waals surface area contributed by atoms with Crippen molar-refractivity contribution >= 4 is 11.6 Å². The summed E-state index contributed by atoms with van der Waals surface area (Å²) in [5.41, 5.74) is 2.58. The van der Waals surface area contributed by atoms with E-state index in [1.807, 2.05) is 25.1 Å². The summed E-state index contributed by atoms with van der Waals surface area (Å²) in [6.45, 7) is 0.727. The van der Waals surface area contributed by atoms with Crippen LogP contribution in [0.15, 0.2) is 47.4 Å². The molecule has 5 nitrogen and oxygen atoms in total. The molecule has 0 aliphatic carbocycles. The zero-order valence-electron chi connectivity index (χ0n) is 14.4. The minimum atomic E-state index is -0.161. The van der Waals surface area contributed by atoms with Crippen molar-refractivity contribution < 1.29 is 4.79 Å². The van der Waals surface area contributed by atoms with Crippen LogP contribution in [0.5, 0.6) is 0 Å². The predicted octanol–water partition coefficient (Wildman–Crippen LogP) is 2.43. The van der Waals surface area contributed by atoms with Crippen LogP contribution in [0.3, 0.4) is 0 Å². The highest BCUT2D eigenvalue weighted by Gasteiger charge is 2.30. The van der Waals surface area contributed by atoms with Gasteiger partial charge in [-0.2, -0.15) is 0 Å². The number of hydrogen-bond acceptors (Lipinski definition) is 3. The van der Waals surface area contributed by atoms with E-state index in [9.17, 15) is 9.59 Å². The summed E-state index contributed by atoms with van der Waals surface area (Å²) in [5, 5.41) is 0. The number of aromatic nitrogens is 1. The molecule has 0 bridgehead atoms. The molecule has 2 heterocycles. The fourth-order valence-electron chi connectivity index (χ4n) is 3.21. The SMILES string of the molecule is CN(C)c1cccc([C@H]2CCCN2C(=O)c2ccn(C)c(=O)c2)c1. The van der Waals surface area contributed by atoms with Gasteiger partial charge in [-0.15, -0.1) is 0 Å². The van der Waals surface area contributed by atoms with Crippen LogP contribution in [-0.4, -0.2) is 36.0 Å². The molecule has 1 aliphatic heterocycles. The number of rotatable bonds is 3. The van der Waals surface area contributed by atoms with E-state index < -0.39 is 0 Å². The third-order valence-electron chi connectivity index (χ3n) is 4.64. The molecule has 24 heavy (non-hydrogen) atoms. The lowest BCUT2D eigenvalue weighted by Gasteiger charge is -2.26. The molecular formula is C19H23N3O2. The molecule has 126 valence electrons. The third-order valence-corrected chi connectivity index (χ3v) is 4.64. The van der Waals surface area contributed by atoms with Crippen LogP contribution in [-0.2, 0) is 7.05 Å². The van der Waals surface area contributed by atoms with Crippen molar-refractivity contribution in [2.24, 2.45) is 7.05 Å². The standard InChI is InChI=1S/C19H23N3O2/c1-20(2)16-7-4-6-14(12-16)17-8-5-10-22(17)19(24)15-9-11-21(3)18(23)13-15/h4,6-7,9,11-13,17H,5,8,10H2,1-3H3/t17-/m1/s1. The quantitative estimate of drug-likeness (QED) is 0.871. The second kappa shape index (κ2) is 6.51. The van der Waals surface area contributed by atoms with Gasteiger partial charge in [0.25, 0.3) is 11.5 Å². The Bertz CT molecular complexity index is 810. The molecule has 0 radical (unpaired) electrons. The van der Waals surface area contributed by atoms with E-state index in [-0.39, 0.29) is 17.5 Å². The van der Waals surface area contributed by atoms with Crippen LogP contribution in [0, 0.1) is 0 Å². The lowest BCUT2D eigenvalue weighted by Crippen LogP contribution is -2.31. The number of hydrogen-bond donors (Lipinski definition) is 0. The summed E-state index contributed by atoms with van der Waals surface area (Å²) < 4.78 is 1.47. The van der Waals surface area contributed by atoms with Crippen molar-refractivity contribution in [3.05, 3.63) is 64.1 Å². The molecule has 5 heteroatoms. The van der Waals surface area contributed by atoms with Crippen molar-refractivity contribution in [1.82, 2.24) is 9.47 Å². The molecule has 1 aromatic heterocycles. The summed E-state index contributed by atoms with van der Waals surface area (Å²) in [7, 11) is 5.70. The average molecular weight is 325 g/mol. The summed E-state index contributed by atoms with van der Waals surface area (Å²) in [4.78, 5) is 28.7. The van der Waals surface area contributed by atoms with Gasteiger partial charge in [-0.3, -0.25) is 9.59 Å². The smallest absolute Gasteiger partial charge is 0.254 e. The topological polar surface area (TPSA) is 45.5 Å². The summed E-state index contributed by atoms with van der Waals surface area (Å²) in [6, 6.07) is 11.5. The number of carbonyl (C=O) groups excluding carboxylic acids is 1. The van der Waals surface area contributed by atoms with Crippen LogP contribution in [0.4, 0.5) is 5.69 Å². The molecule has 3 rings (SSSR count). The second-order valence-electron chi connectivity index (χ2n) is 6.51. The van der Waals surface area contributed by atoms with E-state index in [0.29, 0.717) is 5.56 Å². The Morgan fingerprint density at radius 3 is 2.71 bits per heavy atom. The summed E-state index contributed by atoms with van der Waals surface area (Å²) >= 11 is 0. The molecule has 1 aromatic carbocycles. The highest BCUT2D eigenvalue weighted by molar-refractivity contribution is 5.94. The van der Waals surface area contributed by atoms with Crippen molar-refractivity contribution in [2.75, 3.05) is 25.5 Å². The number of aryl methyl sites for hydroxylation is 1. The van der Waals surface area contributed by atoms with Crippen molar-refractivity contribution in [3.63, 3.8) is 0 Å². The van der Waals surface area contributed by atoms with Gasteiger partial charge in [0.1, 0.15) is 0 Å².